The fraction of sp³-hybridized carbons (Fsp3) is 0.421. The number of halogens is 4. The quantitative estimate of drug-likeness (QED) is 0.0205. The minimum absolute atomic E-state index is 0. The number of hydrogen-bond donors (Lipinski definition) is 1. The second-order valence-corrected chi connectivity index (χ2v) is 32.0. The number of Topliss-reactive ketones (excluding diaryl/α,β-unsaturated/α-hetero) is 1. The van der Waals surface area contributed by atoms with Gasteiger partial charge < -0.3 is 30.6 Å². The summed E-state index contributed by atoms with van der Waals surface area (Å²) in [5, 5.41) is 18.4. The van der Waals surface area contributed by atoms with E-state index in [0.717, 1.165) is 19.4 Å². The molecular weight excluding hydrogens is 1310 g/mol. The van der Waals surface area contributed by atoms with E-state index in [1.165, 1.54) is 133 Å². The van der Waals surface area contributed by atoms with E-state index in [2.05, 4.69) is 99.3 Å². The fourth-order valence-corrected chi connectivity index (χ4v) is 21.9. The van der Waals surface area contributed by atoms with E-state index in [1.54, 1.807) is 26.2 Å². The van der Waals surface area contributed by atoms with Crippen molar-refractivity contribution in [3.63, 3.8) is 0 Å². The predicted molar refractivity (Wildman–Crippen MR) is 330 cm³/mol. The summed E-state index contributed by atoms with van der Waals surface area (Å²) in [5.74, 6) is 1.72. The maximum absolute atomic E-state index is 10.9. The number of alkyl halides is 1. The summed E-state index contributed by atoms with van der Waals surface area (Å²) < 4.78 is 31.4. The SMILES string of the molecule is C=[C](OCC)[Sn]([CH2]CCC)([CH2]CCC)[CH2]CCC.C[O-].[B].[C-]#[N+]c1cnc(C(C)=O)cc1OC.[C-]#[N+]c1cnc(C(C)Br)cc1OC.[C-]#[N+]c1cnc(C(C)O)cc1OC.[C-]#[N+]c1cnc(Cl)cc1Cl.[C-]#[N+]c1cnc(Cl)cc1OC.[H-].[Na+].[Na+]. The molecule has 3 radical (unpaired) electrons. The number of carbonyl (C=O) groups is 1. The molecule has 0 spiro atoms. The Morgan fingerprint density at radius 2 is 0.964 bits per heavy atom. The van der Waals surface area contributed by atoms with Crippen LogP contribution in [0.4, 0.5) is 28.4 Å². The van der Waals surface area contributed by atoms with Gasteiger partial charge in [0.15, 0.2) is 5.78 Å². The molecule has 0 saturated heterocycles. The van der Waals surface area contributed by atoms with Gasteiger partial charge >= 0.3 is 179 Å². The first-order valence-electron chi connectivity index (χ1n) is 24.8. The van der Waals surface area contributed by atoms with Crippen molar-refractivity contribution in [2.24, 2.45) is 0 Å². The first-order chi connectivity index (χ1) is 38.2. The Morgan fingerprint density at radius 1 is 0.627 bits per heavy atom. The summed E-state index contributed by atoms with van der Waals surface area (Å²) in [6.45, 7) is 53.0. The molecule has 0 aliphatic rings. The van der Waals surface area contributed by atoms with E-state index in [4.69, 9.17) is 96.5 Å². The molecule has 5 aromatic rings. The van der Waals surface area contributed by atoms with Crippen molar-refractivity contribution in [1.29, 1.82) is 0 Å². The first kappa shape index (κ1) is 87.5. The van der Waals surface area contributed by atoms with Gasteiger partial charge in [-0.05, 0) is 38.1 Å². The Kier molecular flexibility index (Phi) is 54.9. The minimum Gasteiger partial charge on any atom is -1.00 e. The summed E-state index contributed by atoms with van der Waals surface area (Å²) in [6.07, 6.45) is 14.4. The van der Waals surface area contributed by atoms with Gasteiger partial charge in [0, 0.05) is 52.4 Å². The number of aliphatic hydroxyl groups is 1. The molecule has 0 saturated carbocycles. The average molecular weight is 1390 g/mol. The standard InChI is InChI=1S/C9H9BrN2O.C9H10N2O2.C9H8N2O2.C7H5ClN2O.C6H2Cl2N2.C4H7O.3C4H9.CH3O.B.2Na.Sn.H/c1-6(10)7-4-9(13-3)8(11-2)5-12-7;2*1-6(12)7-4-9(13-3)8(10-2)5-11-7;1-9-5-4-10-7(8)3-6(5)11-2;1-9-5-3-10-6(8)2-4(5)7;1-3-5-4-2;3*1-3-4-2;1-2;;;;;/h4-6H,1,3H3;4-6,12H,1,3H3;4-5H,1,3H3;3-4H,2H3;2-3H;1,4H2,2H3;3*1,3-4H2,2H3;1H3;;;;;/q;;;;;;;;;-1;;2*+1;;-1. The van der Waals surface area contributed by atoms with Crippen molar-refractivity contribution in [1.82, 2.24) is 24.9 Å². The number of rotatable bonds is 19. The van der Waals surface area contributed by atoms with Gasteiger partial charge in [-0.25, -0.2) is 24.2 Å². The molecule has 1 N–H and O–H groups in total. The zero-order chi connectivity index (χ0) is 61.2. The maximum atomic E-state index is 10.9. The van der Waals surface area contributed by atoms with Crippen LogP contribution in [0.2, 0.25) is 28.6 Å². The summed E-state index contributed by atoms with van der Waals surface area (Å²) >= 11 is 17.8. The second-order valence-electron chi connectivity index (χ2n) is 16.3. The second kappa shape index (κ2) is 52.1. The van der Waals surface area contributed by atoms with Crippen LogP contribution in [0.25, 0.3) is 24.2 Å². The molecule has 0 aromatic carbocycles. The van der Waals surface area contributed by atoms with Crippen molar-refractivity contribution in [3.8, 4) is 23.0 Å². The molecule has 2 atom stereocenters. The van der Waals surface area contributed by atoms with Gasteiger partial charge in [-0.3, -0.25) is 29.7 Å². The molecule has 0 bridgehead atoms. The molecule has 83 heavy (non-hydrogen) atoms. The normalized spacial score (nSPS) is 9.94. The van der Waals surface area contributed by atoms with E-state index in [0.29, 0.717) is 78.2 Å². The minimum atomic E-state index is -2.24. The van der Waals surface area contributed by atoms with Crippen LogP contribution in [-0.4, -0.2) is 105 Å². The van der Waals surface area contributed by atoms with Crippen LogP contribution < -0.4 is 83.2 Å². The first-order valence-corrected chi connectivity index (χ1v) is 34.3. The van der Waals surface area contributed by atoms with Gasteiger partial charge in [-0.1, -0.05) is 50.7 Å². The molecule has 0 aliphatic heterocycles. The van der Waals surface area contributed by atoms with Crippen molar-refractivity contribution in [2.75, 3.05) is 42.2 Å². The van der Waals surface area contributed by atoms with E-state index in [9.17, 15) is 9.90 Å². The van der Waals surface area contributed by atoms with E-state index in [1.807, 2.05) is 6.92 Å². The zero-order valence-electron chi connectivity index (χ0n) is 51.1. The van der Waals surface area contributed by atoms with Gasteiger partial charge in [0.05, 0.1) is 88.6 Å². The molecule has 5 aromatic heterocycles. The molecular formula is C57H72BBrCl3N10Na2O8Sn. The van der Waals surface area contributed by atoms with Crippen LogP contribution in [-0.2, 0) is 4.74 Å². The van der Waals surface area contributed by atoms with Crippen molar-refractivity contribution >= 4 is 112 Å². The van der Waals surface area contributed by atoms with Gasteiger partial charge in [0.1, 0.15) is 39.0 Å². The summed E-state index contributed by atoms with van der Waals surface area (Å²) in [7, 11) is 6.72. The van der Waals surface area contributed by atoms with Crippen molar-refractivity contribution in [2.45, 2.75) is 111 Å². The van der Waals surface area contributed by atoms with E-state index in [-0.39, 0.29) is 79.6 Å². The zero-order valence-corrected chi connectivity index (χ0v) is 60.8. The molecule has 0 amide bonds. The monoisotopic (exact) mass is 1390 g/mol. The van der Waals surface area contributed by atoms with Gasteiger partial charge in [0.2, 0.25) is 28.4 Å². The Bertz CT molecular complexity index is 2820. The van der Waals surface area contributed by atoms with E-state index < -0.39 is 24.5 Å². The number of unbranched alkanes of at least 4 members (excludes halogenated alkanes) is 3. The number of aromatic nitrogens is 5. The molecule has 435 valence electrons. The van der Waals surface area contributed by atoms with E-state index >= 15 is 0 Å². The Hall–Kier alpha value is -4.26. The Balaban J connectivity index is -0.000000215. The third-order valence-electron chi connectivity index (χ3n) is 10.8. The van der Waals surface area contributed by atoms with Crippen LogP contribution in [0.3, 0.4) is 0 Å². The Morgan fingerprint density at radius 3 is 1.30 bits per heavy atom. The Labute approximate surface area is 567 Å². The van der Waals surface area contributed by atoms with Gasteiger partial charge in [0.25, 0.3) is 0 Å². The topological polar surface area (TPSA) is 193 Å². The number of carbonyl (C=O) groups excluding carboxylic acids is 1. The molecule has 18 nitrogen and oxygen atoms in total. The fourth-order valence-electron chi connectivity index (χ4n) is 6.50. The summed E-state index contributed by atoms with van der Waals surface area (Å²) in [5.41, 5.74) is 3.49. The average Bonchev–Trinajstić information content (AvgIpc) is 3.51. The maximum Gasteiger partial charge on any atom is 1.00 e. The number of methoxy groups -OCH3 is 4. The number of ketones is 1. The van der Waals surface area contributed by atoms with Crippen LogP contribution in [0.5, 0.6) is 23.0 Å². The molecule has 0 aliphatic carbocycles. The molecule has 2 unspecified atom stereocenters. The van der Waals surface area contributed by atoms with Crippen molar-refractivity contribution in [3.05, 3.63) is 161 Å². The summed E-state index contributed by atoms with van der Waals surface area (Å²) in [6, 6.07) is 7.76. The largest absolute Gasteiger partial charge is 1.00 e. The predicted octanol–water partition coefficient (Wildman–Crippen LogP) is 10.5. The number of ether oxygens (including phenoxy) is 5. The van der Waals surface area contributed by atoms with Gasteiger partial charge in [-0.15, -0.1) is 0 Å². The molecule has 5 heterocycles. The third-order valence-corrected chi connectivity index (χ3v) is 27.0. The number of pyridine rings is 5. The van der Waals surface area contributed by atoms with Gasteiger partial charge in [-0.2, -0.15) is 7.11 Å². The van der Waals surface area contributed by atoms with Crippen LogP contribution in [0.1, 0.15) is 121 Å². The third kappa shape index (κ3) is 33.9. The van der Waals surface area contributed by atoms with Crippen LogP contribution in [0, 0.1) is 32.9 Å². The smallest absolute Gasteiger partial charge is 1.00 e. The van der Waals surface area contributed by atoms with Crippen molar-refractivity contribution < 1.29 is 99.2 Å². The molecule has 26 heteroatoms. The molecule has 5 rings (SSSR count). The number of hydrogen-bond acceptors (Lipinski definition) is 13. The van der Waals surface area contributed by atoms with Crippen LogP contribution in [0.15, 0.2) is 71.7 Å². The van der Waals surface area contributed by atoms with Crippen LogP contribution >= 0.6 is 50.7 Å². The summed E-state index contributed by atoms with van der Waals surface area (Å²) in [4.78, 5) is 46.3. The number of nitrogens with zero attached hydrogens (tertiary/aromatic N) is 10. The molecule has 0 fully saturated rings. The number of aliphatic hydroxyl groups excluding tert-OH is 1.